The van der Waals surface area contributed by atoms with Gasteiger partial charge in [-0.3, -0.25) is 0 Å². The van der Waals surface area contributed by atoms with E-state index in [4.69, 9.17) is 4.74 Å². The lowest BCUT2D eigenvalue weighted by Crippen LogP contribution is -2.21. The summed E-state index contributed by atoms with van der Waals surface area (Å²) in [6.45, 7) is 1.76. The van der Waals surface area contributed by atoms with Crippen LogP contribution in [-0.2, 0) is 15.6 Å². The highest BCUT2D eigenvalue weighted by atomic mass is 32.2. The molecular formula is C17H20O4S. The topological polar surface area (TPSA) is 63.6 Å². The Morgan fingerprint density at radius 3 is 2.18 bits per heavy atom. The molecule has 1 N–H and O–H groups in total. The van der Waals surface area contributed by atoms with E-state index in [0.717, 1.165) is 5.75 Å². The van der Waals surface area contributed by atoms with E-state index in [1.54, 1.807) is 31.2 Å². The third-order valence-electron chi connectivity index (χ3n) is 3.21. The van der Waals surface area contributed by atoms with Gasteiger partial charge < -0.3 is 9.84 Å². The molecule has 1 atom stereocenters. The lowest BCUT2D eigenvalue weighted by molar-refractivity contribution is 0.193. The quantitative estimate of drug-likeness (QED) is 0.851. The molecule has 0 bridgehead atoms. The average Bonchev–Trinajstić information content (AvgIpc) is 2.49. The third kappa shape index (κ3) is 5.16. The van der Waals surface area contributed by atoms with E-state index in [1.165, 1.54) is 0 Å². The average molecular weight is 320 g/mol. The molecule has 0 aliphatic rings. The Bertz CT molecular complexity index is 678. The molecular weight excluding hydrogens is 300 g/mol. The van der Waals surface area contributed by atoms with Crippen molar-refractivity contribution >= 4 is 9.84 Å². The molecule has 0 aromatic heterocycles. The standard InChI is InChI=1S/C17H20O4S/c1-2-15(18)13-22(19,20)12-14-8-10-17(11-9-14)21-16-6-4-3-5-7-16/h3-11,15,18H,2,12-13H2,1H3. The molecule has 2 rings (SSSR count). The number of sulfone groups is 1. The third-order valence-corrected chi connectivity index (χ3v) is 4.87. The molecule has 0 radical (unpaired) electrons. The highest BCUT2D eigenvalue weighted by molar-refractivity contribution is 7.90. The van der Waals surface area contributed by atoms with Crippen LogP contribution in [0.5, 0.6) is 11.5 Å². The Labute approximate surface area is 131 Å². The van der Waals surface area contributed by atoms with Crippen LogP contribution in [0.2, 0.25) is 0 Å². The van der Waals surface area contributed by atoms with Gasteiger partial charge in [0.05, 0.1) is 17.6 Å². The molecule has 0 aliphatic heterocycles. The van der Waals surface area contributed by atoms with Gasteiger partial charge in [0.2, 0.25) is 0 Å². The molecule has 22 heavy (non-hydrogen) atoms. The summed E-state index contributed by atoms with van der Waals surface area (Å²) in [4.78, 5) is 0. The molecule has 0 heterocycles. The molecule has 2 aromatic rings. The number of aliphatic hydroxyl groups excluding tert-OH is 1. The van der Waals surface area contributed by atoms with Crippen molar-refractivity contribution in [3.8, 4) is 11.5 Å². The highest BCUT2D eigenvalue weighted by Crippen LogP contribution is 2.21. The summed E-state index contributed by atoms with van der Waals surface area (Å²) in [5.74, 6) is 1.11. The smallest absolute Gasteiger partial charge is 0.156 e. The number of aliphatic hydroxyl groups is 1. The van der Waals surface area contributed by atoms with E-state index in [-0.39, 0.29) is 11.5 Å². The van der Waals surface area contributed by atoms with Crippen LogP contribution >= 0.6 is 0 Å². The summed E-state index contributed by atoms with van der Waals surface area (Å²) in [6.07, 6.45) is -0.367. The van der Waals surface area contributed by atoms with Crippen LogP contribution in [0.4, 0.5) is 0 Å². The van der Waals surface area contributed by atoms with Crippen molar-refractivity contribution in [1.82, 2.24) is 0 Å². The molecule has 2 aromatic carbocycles. The van der Waals surface area contributed by atoms with Crippen molar-refractivity contribution in [3.05, 3.63) is 60.2 Å². The van der Waals surface area contributed by atoms with E-state index in [0.29, 0.717) is 17.7 Å². The number of para-hydroxylation sites is 1. The Balaban J connectivity index is 2.00. The fourth-order valence-electron chi connectivity index (χ4n) is 2.00. The summed E-state index contributed by atoms with van der Waals surface area (Å²) < 4.78 is 29.6. The van der Waals surface area contributed by atoms with Crippen molar-refractivity contribution in [3.63, 3.8) is 0 Å². The van der Waals surface area contributed by atoms with Gasteiger partial charge in [-0.05, 0) is 36.2 Å². The Morgan fingerprint density at radius 2 is 1.59 bits per heavy atom. The first kappa shape index (κ1) is 16.5. The SMILES string of the molecule is CCC(O)CS(=O)(=O)Cc1ccc(Oc2ccccc2)cc1. The van der Waals surface area contributed by atoms with Crippen molar-refractivity contribution < 1.29 is 18.3 Å². The van der Waals surface area contributed by atoms with E-state index in [1.807, 2.05) is 30.3 Å². The van der Waals surface area contributed by atoms with Gasteiger partial charge in [0.1, 0.15) is 11.5 Å². The number of hydrogen-bond donors (Lipinski definition) is 1. The number of hydrogen-bond acceptors (Lipinski definition) is 4. The molecule has 118 valence electrons. The lowest BCUT2D eigenvalue weighted by atomic mass is 10.2. The Hall–Kier alpha value is -1.85. The first-order valence-electron chi connectivity index (χ1n) is 7.19. The second-order valence-corrected chi connectivity index (χ2v) is 7.28. The molecule has 0 spiro atoms. The normalized spacial score (nSPS) is 12.8. The largest absolute Gasteiger partial charge is 0.457 e. The summed E-state index contributed by atoms with van der Waals surface area (Å²) in [7, 11) is -3.31. The molecule has 5 heteroatoms. The van der Waals surface area contributed by atoms with E-state index in [9.17, 15) is 13.5 Å². The van der Waals surface area contributed by atoms with Gasteiger partial charge in [0, 0.05) is 0 Å². The van der Waals surface area contributed by atoms with Crippen LogP contribution < -0.4 is 4.74 Å². The minimum atomic E-state index is -3.31. The zero-order valence-corrected chi connectivity index (χ0v) is 13.3. The highest BCUT2D eigenvalue weighted by Gasteiger charge is 2.16. The van der Waals surface area contributed by atoms with Gasteiger partial charge in [0.25, 0.3) is 0 Å². The first-order valence-corrected chi connectivity index (χ1v) is 9.01. The Morgan fingerprint density at radius 1 is 1.00 bits per heavy atom. The Kier molecular flexibility index (Phi) is 5.57. The van der Waals surface area contributed by atoms with Crippen molar-refractivity contribution in [2.45, 2.75) is 25.2 Å². The second kappa shape index (κ2) is 7.42. The van der Waals surface area contributed by atoms with Crippen LogP contribution in [0.15, 0.2) is 54.6 Å². The first-order chi connectivity index (χ1) is 10.5. The monoisotopic (exact) mass is 320 g/mol. The van der Waals surface area contributed by atoms with Crippen LogP contribution in [0, 0.1) is 0 Å². The summed E-state index contributed by atoms with van der Waals surface area (Å²) in [5, 5.41) is 9.48. The molecule has 0 fully saturated rings. The van der Waals surface area contributed by atoms with Crippen molar-refractivity contribution in [2.24, 2.45) is 0 Å². The van der Waals surface area contributed by atoms with E-state index in [2.05, 4.69) is 0 Å². The fourth-order valence-corrected chi connectivity index (χ4v) is 3.64. The number of ether oxygens (including phenoxy) is 1. The molecule has 0 amide bonds. The van der Waals surface area contributed by atoms with Gasteiger partial charge in [-0.1, -0.05) is 37.3 Å². The zero-order valence-electron chi connectivity index (χ0n) is 12.5. The van der Waals surface area contributed by atoms with E-state index < -0.39 is 15.9 Å². The summed E-state index contributed by atoms with van der Waals surface area (Å²) in [5.41, 5.74) is 0.684. The molecule has 0 saturated heterocycles. The summed E-state index contributed by atoms with van der Waals surface area (Å²) in [6, 6.07) is 16.3. The van der Waals surface area contributed by atoms with Crippen LogP contribution in [-0.4, -0.2) is 25.4 Å². The van der Waals surface area contributed by atoms with Gasteiger partial charge in [0.15, 0.2) is 9.84 Å². The van der Waals surface area contributed by atoms with Gasteiger partial charge in [-0.15, -0.1) is 0 Å². The maximum absolute atomic E-state index is 12.0. The maximum atomic E-state index is 12.0. The molecule has 0 saturated carbocycles. The van der Waals surface area contributed by atoms with Gasteiger partial charge in [-0.2, -0.15) is 0 Å². The van der Waals surface area contributed by atoms with Crippen LogP contribution in [0.1, 0.15) is 18.9 Å². The zero-order chi connectivity index (χ0) is 16.0. The van der Waals surface area contributed by atoms with E-state index >= 15 is 0 Å². The maximum Gasteiger partial charge on any atom is 0.156 e. The van der Waals surface area contributed by atoms with Gasteiger partial charge in [-0.25, -0.2) is 8.42 Å². The molecule has 0 aliphatic carbocycles. The second-order valence-electron chi connectivity index (χ2n) is 5.18. The minimum Gasteiger partial charge on any atom is -0.457 e. The van der Waals surface area contributed by atoms with Gasteiger partial charge >= 0.3 is 0 Å². The number of rotatable bonds is 7. The van der Waals surface area contributed by atoms with Crippen molar-refractivity contribution in [2.75, 3.05) is 5.75 Å². The molecule has 1 unspecified atom stereocenters. The molecule has 4 nitrogen and oxygen atoms in total. The van der Waals surface area contributed by atoms with Crippen LogP contribution in [0.25, 0.3) is 0 Å². The minimum absolute atomic E-state index is 0.0737. The van der Waals surface area contributed by atoms with Crippen LogP contribution in [0.3, 0.4) is 0 Å². The predicted molar refractivity (Wildman–Crippen MR) is 86.7 cm³/mol. The fraction of sp³-hybridized carbons (Fsp3) is 0.294. The summed E-state index contributed by atoms with van der Waals surface area (Å²) >= 11 is 0. The lowest BCUT2D eigenvalue weighted by Gasteiger charge is -2.10. The number of benzene rings is 2. The predicted octanol–water partition coefficient (Wildman–Crippen LogP) is 3.16. The van der Waals surface area contributed by atoms with Crippen molar-refractivity contribution in [1.29, 1.82) is 0 Å².